The van der Waals surface area contributed by atoms with Crippen LogP contribution < -0.4 is 10.6 Å². The molecule has 0 aromatic heterocycles. The average molecular weight is 182 g/mol. The summed E-state index contributed by atoms with van der Waals surface area (Å²) in [6.45, 7) is 3.15. The summed E-state index contributed by atoms with van der Waals surface area (Å²) < 4.78 is 0. The fraction of sp³-hybridized carbons (Fsp3) is 0.700. The summed E-state index contributed by atoms with van der Waals surface area (Å²) in [6.07, 6.45) is 7.97. The van der Waals surface area contributed by atoms with Gasteiger partial charge in [0.2, 0.25) is 5.91 Å². The largest absolute Gasteiger partial charge is 0.355 e. The van der Waals surface area contributed by atoms with Gasteiger partial charge in [0.25, 0.3) is 0 Å². The van der Waals surface area contributed by atoms with E-state index in [0.29, 0.717) is 6.04 Å². The number of carbonyl (C=O) groups excluding carboxylic acids is 1. The van der Waals surface area contributed by atoms with E-state index < -0.39 is 0 Å². The van der Waals surface area contributed by atoms with Crippen LogP contribution in [0.2, 0.25) is 0 Å². The third-order valence-corrected chi connectivity index (χ3v) is 2.20. The minimum atomic E-state index is 0.0466. The third-order valence-electron chi connectivity index (χ3n) is 2.20. The molecule has 0 saturated carbocycles. The summed E-state index contributed by atoms with van der Waals surface area (Å²) in [5.74, 6) is 0.0466. The van der Waals surface area contributed by atoms with Gasteiger partial charge >= 0.3 is 0 Å². The topological polar surface area (TPSA) is 41.1 Å². The first-order valence-electron chi connectivity index (χ1n) is 4.92. The minimum absolute atomic E-state index is 0.0466. The quantitative estimate of drug-likeness (QED) is 0.499. The summed E-state index contributed by atoms with van der Waals surface area (Å²) in [5, 5.41) is 6.18. The summed E-state index contributed by atoms with van der Waals surface area (Å²) in [7, 11) is 0. The molecule has 3 heteroatoms. The van der Waals surface area contributed by atoms with Crippen molar-refractivity contribution >= 4 is 5.91 Å². The zero-order chi connectivity index (χ0) is 9.52. The molecule has 1 rings (SSSR count). The van der Waals surface area contributed by atoms with Crippen molar-refractivity contribution in [3.8, 4) is 0 Å². The highest BCUT2D eigenvalue weighted by Gasteiger charge is 2.07. The first-order chi connectivity index (χ1) is 6.29. The van der Waals surface area contributed by atoms with Crippen molar-refractivity contribution in [3.05, 3.63) is 12.2 Å². The number of nitrogens with one attached hydrogen (secondary N) is 2. The Morgan fingerprint density at radius 2 is 2.31 bits per heavy atom. The molecule has 74 valence electrons. The van der Waals surface area contributed by atoms with Crippen LogP contribution in [0.3, 0.4) is 0 Å². The van der Waals surface area contributed by atoms with Crippen molar-refractivity contribution in [1.29, 1.82) is 0 Å². The smallest absolute Gasteiger partial charge is 0.216 e. The van der Waals surface area contributed by atoms with E-state index in [1.54, 1.807) is 6.92 Å². The molecule has 1 atom stereocenters. The van der Waals surface area contributed by atoms with Gasteiger partial charge < -0.3 is 10.6 Å². The van der Waals surface area contributed by atoms with E-state index in [-0.39, 0.29) is 5.91 Å². The standard InChI is InChI=1S/C10H18N2O/c1-9(13)11-7-8-12-10-5-3-2-4-6-10/h2-3,10,12H,4-8H2,1H3,(H,11,13). The maximum atomic E-state index is 10.5. The number of allylic oxidation sites excluding steroid dienone is 1. The van der Waals surface area contributed by atoms with Gasteiger partial charge in [-0.3, -0.25) is 4.79 Å². The zero-order valence-electron chi connectivity index (χ0n) is 8.18. The number of amides is 1. The summed E-state index contributed by atoms with van der Waals surface area (Å²) >= 11 is 0. The summed E-state index contributed by atoms with van der Waals surface area (Å²) in [4.78, 5) is 10.5. The predicted octanol–water partition coefficient (Wildman–Crippen LogP) is 0.821. The van der Waals surface area contributed by atoms with Gasteiger partial charge in [0, 0.05) is 26.1 Å². The van der Waals surface area contributed by atoms with Crippen LogP contribution in [-0.2, 0) is 4.79 Å². The molecule has 0 saturated heterocycles. The molecular formula is C10H18N2O. The number of hydrogen-bond acceptors (Lipinski definition) is 2. The zero-order valence-corrected chi connectivity index (χ0v) is 8.18. The molecule has 0 bridgehead atoms. The molecule has 0 aromatic carbocycles. The van der Waals surface area contributed by atoms with E-state index in [2.05, 4.69) is 22.8 Å². The number of hydrogen-bond donors (Lipinski definition) is 2. The lowest BCUT2D eigenvalue weighted by molar-refractivity contribution is -0.118. The number of carbonyl (C=O) groups is 1. The second-order valence-electron chi connectivity index (χ2n) is 3.42. The Morgan fingerprint density at radius 1 is 1.46 bits per heavy atom. The molecule has 0 heterocycles. The van der Waals surface area contributed by atoms with Crippen molar-refractivity contribution in [2.24, 2.45) is 0 Å². The molecule has 0 radical (unpaired) electrons. The Hall–Kier alpha value is -0.830. The fourth-order valence-corrected chi connectivity index (χ4v) is 1.49. The van der Waals surface area contributed by atoms with E-state index >= 15 is 0 Å². The molecule has 13 heavy (non-hydrogen) atoms. The van der Waals surface area contributed by atoms with Crippen molar-refractivity contribution < 1.29 is 4.79 Å². The molecule has 1 unspecified atom stereocenters. The maximum Gasteiger partial charge on any atom is 0.216 e. The minimum Gasteiger partial charge on any atom is -0.355 e. The molecule has 3 nitrogen and oxygen atoms in total. The first kappa shape index (κ1) is 10.3. The molecule has 0 aromatic rings. The highest BCUT2D eigenvalue weighted by Crippen LogP contribution is 2.09. The maximum absolute atomic E-state index is 10.5. The normalized spacial score (nSPS) is 21.5. The Morgan fingerprint density at radius 3 is 2.92 bits per heavy atom. The van der Waals surface area contributed by atoms with E-state index in [1.165, 1.54) is 12.8 Å². The van der Waals surface area contributed by atoms with E-state index in [9.17, 15) is 4.79 Å². The van der Waals surface area contributed by atoms with Gasteiger partial charge in [-0.05, 0) is 19.3 Å². The van der Waals surface area contributed by atoms with Gasteiger partial charge in [-0.25, -0.2) is 0 Å². The van der Waals surface area contributed by atoms with Crippen LogP contribution in [0.15, 0.2) is 12.2 Å². The van der Waals surface area contributed by atoms with Crippen LogP contribution >= 0.6 is 0 Å². The lowest BCUT2D eigenvalue weighted by Gasteiger charge is -2.19. The first-order valence-corrected chi connectivity index (χ1v) is 4.92. The molecule has 0 aliphatic heterocycles. The van der Waals surface area contributed by atoms with Gasteiger partial charge in [0.05, 0.1) is 0 Å². The van der Waals surface area contributed by atoms with Crippen LogP contribution in [0.4, 0.5) is 0 Å². The lowest BCUT2D eigenvalue weighted by Crippen LogP contribution is -2.36. The fourth-order valence-electron chi connectivity index (χ4n) is 1.49. The van der Waals surface area contributed by atoms with Crippen LogP contribution in [0.25, 0.3) is 0 Å². The highest BCUT2D eigenvalue weighted by atomic mass is 16.1. The molecule has 1 aliphatic rings. The van der Waals surface area contributed by atoms with Gasteiger partial charge in [0.15, 0.2) is 0 Å². The molecular weight excluding hydrogens is 164 g/mol. The summed E-state index contributed by atoms with van der Waals surface area (Å²) in [5.41, 5.74) is 0. The van der Waals surface area contributed by atoms with Crippen LogP contribution in [0.1, 0.15) is 26.2 Å². The highest BCUT2D eigenvalue weighted by molar-refractivity contribution is 5.72. The second-order valence-corrected chi connectivity index (χ2v) is 3.42. The van der Waals surface area contributed by atoms with Gasteiger partial charge in [0.1, 0.15) is 0 Å². The molecule has 0 fully saturated rings. The Kier molecular flexibility index (Phi) is 4.54. The van der Waals surface area contributed by atoms with E-state index in [0.717, 1.165) is 19.5 Å². The van der Waals surface area contributed by atoms with Crippen molar-refractivity contribution in [2.45, 2.75) is 32.2 Å². The molecule has 1 amide bonds. The van der Waals surface area contributed by atoms with Crippen LogP contribution in [0, 0.1) is 0 Å². The van der Waals surface area contributed by atoms with Crippen LogP contribution in [0.5, 0.6) is 0 Å². The van der Waals surface area contributed by atoms with Crippen molar-refractivity contribution in [3.63, 3.8) is 0 Å². The third kappa shape index (κ3) is 4.68. The van der Waals surface area contributed by atoms with E-state index in [4.69, 9.17) is 0 Å². The monoisotopic (exact) mass is 182 g/mol. The lowest BCUT2D eigenvalue weighted by atomic mass is 10.0. The number of rotatable bonds is 4. The SMILES string of the molecule is CC(=O)NCCNC1CC=CCC1. The van der Waals surface area contributed by atoms with Crippen molar-refractivity contribution in [1.82, 2.24) is 10.6 Å². The second kappa shape index (κ2) is 5.75. The molecule has 2 N–H and O–H groups in total. The molecule has 0 spiro atoms. The van der Waals surface area contributed by atoms with Gasteiger partial charge in [-0.1, -0.05) is 12.2 Å². The summed E-state index contributed by atoms with van der Waals surface area (Å²) in [6, 6.07) is 0.610. The Bertz CT molecular complexity index is 189. The van der Waals surface area contributed by atoms with Gasteiger partial charge in [-0.15, -0.1) is 0 Å². The van der Waals surface area contributed by atoms with Crippen LogP contribution in [-0.4, -0.2) is 25.0 Å². The predicted molar refractivity (Wildman–Crippen MR) is 53.5 cm³/mol. The van der Waals surface area contributed by atoms with Crippen molar-refractivity contribution in [2.75, 3.05) is 13.1 Å². The van der Waals surface area contributed by atoms with E-state index in [1.807, 2.05) is 0 Å². The Balaban J connectivity index is 1.99. The van der Waals surface area contributed by atoms with Gasteiger partial charge in [-0.2, -0.15) is 0 Å². The Labute approximate surface area is 79.6 Å². The average Bonchev–Trinajstić information content (AvgIpc) is 2.14. The molecule has 1 aliphatic carbocycles.